The molecular formula is C16H19BrN4. The fraction of sp³-hybridized carbons (Fsp3) is 0.375. The first kappa shape index (κ1) is 14.3. The van der Waals surface area contributed by atoms with Gasteiger partial charge in [0.25, 0.3) is 0 Å². The molecule has 0 spiro atoms. The van der Waals surface area contributed by atoms with Crippen molar-refractivity contribution in [2.24, 2.45) is 0 Å². The third-order valence-electron chi connectivity index (χ3n) is 3.53. The van der Waals surface area contributed by atoms with E-state index in [1.807, 2.05) is 6.07 Å². The molecule has 5 heteroatoms. The molecule has 21 heavy (non-hydrogen) atoms. The summed E-state index contributed by atoms with van der Waals surface area (Å²) in [5.74, 6) is 2.17. The van der Waals surface area contributed by atoms with E-state index in [1.54, 1.807) is 0 Å². The van der Waals surface area contributed by atoms with Crippen molar-refractivity contribution in [2.45, 2.75) is 32.6 Å². The predicted molar refractivity (Wildman–Crippen MR) is 90.3 cm³/mol. The van der Waals surface area contributed by atoms with E-state index in [0.717, 1.165) is 28.2 Å². The third-order valence-corrected chi connectivity index (χ3v) is 4.02. The highest BCUT2D eigenvalue weighted by atomic mass is 79.9. The zero-order valence-corrected chi connectivity index (χ0v) is 13.9. The van der Waals surface area contributed by atoms with Crippen LogP contribution in [0.4, 0.5) is 17.5 Å². The van der Waals surface area contributed by atoms with Crippen molar-refractivity contribution in [2.75, 3.05) is 17.2 Å². The van der Waals surface area contributed by atoms with Gasteiger partial charge in [0.1, 0.15) is 5.82 Å². The Labute approximate surface area is 133 Å². The highest BCUT2D eigenvalue weighted by molar-refractivity contribution is 9.10. The topological polar surface area (TPSA) is 49.8 Å². The molecule has 0 saturated heterocycles. The molecule has 2 aromatic rings. The second kappa shape index (κ2) is 6.02. The van der Waals surface area contributed by atoms with Crippen LogP contribution in [-0.4, -0.2) is 16.5 Å². The minimum absolute atomic E-state index is 0.608. The summed E-state index contributed by atoms with van der Waals surface area (Å²) in [7, 11) is 0. The summed E-state index contributed by atoms with van der Waals surface area (Å²) in [4.78, 5) is 9.14. The SMILES string of the molecule is CCNc1nc(Nc2ccc(Br)cc2C)cc(C2CC2)n1. The Bertz CT molecular complexity index is 653. The number of anilines is 3. The molecule has 0 bridgehead atoms. The predicted octanol–water partition coefficient (Wildman–Crippen LogP) is 4.60. The Morgan fingerprint density at radius 2 is 2.05 bits per heavy atom. The third kappa shape index (κ3) is 3.53. The van der Waals surface area contributed by atoms with Crippen molar-refractivity contribution in [3.63, 3.8) is 0 Å². The number of aryl methyl sites for hydroxylation is 1. The summed E-state index contributed by atoms with van der Waals surface area (Å²) in [6.45, 7) is 4.96. The van der Waals surface area contributed by atoms with E-state index in [2.05, 4.69) is 68.6 Å². The van der Waals surface area contributed by atoms with E-state index in [0.29, 0.717) is 11.9 Å². The van der Waals surface area contributed by atoms with E-state index >= 15 is 0 Å². The van der Waals surface area contributed by atoms with Crippen LogP contribution < -0.4 is 10.6 Å². The van der Waals surface area contributed by atoms with Crippen LogP contribution in [0.15, 0.2) is 28.7 Å². The Balaban J connectivity index is 1.89. The summed E-state index contributed by atoms with van der Waals surface area (Å²) < 4.78 is 1.08. The van der Waals surface area contributed by atoms with Crippen molar-refractivity contribution < 1.29 is 0 Å². The van der Waals surface area contributed by atoms with Crippen molar-refractivity contribution in [3.05, 3.63) is 40.0 Å². The van der Waals surface area contributed by atoms with E-state index in [9.17, 15) is 0 Å². The lowest BCUT2D eigenvalue weighted by Crippen LogP contribution is -2.06. The van der Waals surface area contributed by atoms with E-state index in [-0.39, 0.29) is 0 Å². The lowest BCUT2D eigenvalue weighted by atomic mass is 10.2. The summed E-state index contributed by atoms with van der Waals surface area (Å²) in [6, 6.07) is 8.26. The maximum absolute atomic E-state index is 4.59. The van der Waals surface area contributed by atoms with Gasteiger partial charge >= 0.3 is 0 Å². The molecule has 1 aromatic carbocycles. The lowest BCUT2D eigenvalue weighted by molar-refractivity contribution is 0.977. The number of benzene rings is 1. The van der Waals surface area contributed by atoms with Crippen LogP contribution in [0, 0.1) is 6.92 Å². The average Bonchev–Trinajstić information content (AvgIpc) is 3.27. The van der Waals surface area contributed by atoms with Gasteiger partial charge in [-0.15, -0.1) is 0 Å². The highest BCUT2D eigenvalue weighted by Crippen LogP contribution is 2.40. The van der Waals surface area contributed by atoms with Gasteiger partial charge < -0.3 is 10.6 Å². The van der Waals surface area contributed by atoms with Gasteiger partial charge in [0, 0.05) is 28.7 Å². The van der Waals surface area contributed by atoms with Gasteiger partial charge in [0.2, 0.25) is 5.95 Å². The summed E-state index contributed by atoms with van der Waals surface area (Å²) in [6.07, 6.45) is 2.47. The number of hydrogen-bond donors (Lipinski definition) is 2. The molecule has 1 saturated carbocycles. The number of rotatable bonds is 5. The maximum atomic E-state index is 4.59. The van der Waals surface area contributed by atoms with Gasteiger partial charge in [-0.1, -0.05) is 15.9 Å². The molecule has 0 unspecified atom stereocenters. The normalized spacial score (nSPS) is 14.0. The van der Waals surface area contributed by atoms with Gasteiger partial charge in [0.05, 0.1) is 5.69 Å². The molecule has 110 valence electrons. The smallest absolute Gasteiger partial charge is 0.224 e. The lowest BCUT2D eigenvalue weighted by Gasteiger charge is -2.12. The van der Waals surface area contributed by atoms with Gasteiger partial charge in [-0.3, -0.25) is 0 Å². The molecule has 1 aromatic heterocycles. The number of halogens is 1. The van der Waals surface area contributed by atoms with Crippen LogP contribution in [0.2, 0.25) is 0 Å². The maximum Gasteiger partial charge on any atom is 0.224 e. The minimum Gasteiger partial charge on any atom is -0.354 e. The van der Waals surface area contributed by atoms with Gasteiger partial charge in [-0.05, 0) is 50.5 Å². The fourth-order valence-corrected chi connectivity index (χ4v) is 2.74. The molecule has 0 radical (unpaired) electrons. The molecule has 3 rings (SSSR count). The van der Waals surface area contributed by atoms with Gasteiger partial charge in [-0.2, -0.15) is 4.98 Å². The summed E-state index contributed by atoms with van der Waals surface area (Å²) >= 11 is 3.49. The van der Waals surface area contributed by atoms with Crippen molar-refractivity contribution >= 4 is 33.4 Å². The Morgan fingerprint density at radius 1 is 1.24 bits per heavy atom. The summed E-state index contributed by atoms with van der Waals surface area (Å²) in [5, 5.41) is 6.62. The minimum atomic E-state index is 0.608. The molecule has 1 fully saturated rings. The standard InChI is InChI=1S/C16H19BrN4/c1-3-18-16-20-14(11-4-5-11)9-15(21-16)19-13-7-6-12(17)8-10(13)2/h6-9,11H,3-5H2,1-2H3,(H2,18,19,20,21). The molecule has 1 aliphatic carbocycles. The van der Waals surface area contributed by atoms with Crippen LogP contribution in [0.25, 0.3) is 0 Å². The number of aromatic nitrogens is 2. The first-order valence-corrected chi connectivity index (χ1v) is 8.11. The first-order chi connectivity index (χ1) is 10.2. The van der Waals surface area contributed by atoms with E-state index < -0.39 is 0 Å². The van der Waals surface area contributed by atoms with Crippen molar-refractivity contribution in [1.82, 2.24) is 9.97 Å². The van der Waals surface area contributed by atoms with Gasteiger partial charge in [0.15, 0.2) is 0 Å². The monoisotopic (exact) mass is 346 g/mol. The molecule has 0 amide bonds. The Kier molecular flexibility index (Phi) is 4.10. The second-order valence-corrected chi connectivity index (χ2v) is 6.31. The number of nitrogens with zero attached hydrogens (tertiary/aromatic N) is 2. The van der Waals surface area contributed by atoms with Crippen LogP contribution in [-0.2, 0) is 0 Å². The quantitative estimate of drug-likeness (QED) is 0.830. The molecule has 2 N–H and O–H groups in total. The van der Waals surface area contributed by atoms with E-state index in [4.69, 9.17) is 0 Å². The van der Waals surface area contributed by atoms with Crippen LogP contribution in [0.3, 0.4) is 0 Å². The Morgan fingerprint density at radius 3 is 2.71 bits per heavy atom. The molecule has 0 aliphatic heterocycles. The molecule has 1 heterocycles. The molecular weight excluding hydrogens is 328 g/mol. The van der Waals surface area contributed by atoms with Gasteiger partial charge in [-0.25, -0.2) is 4.98 Å². The average molecular weight is 347 g/mol. The first-order valence-electron chi connectivity index (χ1n) is 7.31. The summed E-state index contributed by atoms with van der Waals surface area (Å²) in [5.41, 5.74) is 3.39. The van der Waals surface area contributed by atoms with Crippen molar-refractivity contribution in [3.8, 4) is 0 Å². The molecule has 1 aliphatic rings. The number of nitrogens with one attached hydrogen (secondary N) is 2. The molecule has 0 atom stereocenters. The number of hydrogen-bond acceptors (Lipinski definition) is 4. The van der Waals surface area contributed by atoms with Crippen LogP contribution in [0.5, 0.6) is 0 Å². The zero-order valence-electron chi connectivity index (χ0n) is 12.3. The zero-order chi connectivity index (χ0) is 14.8. The largest absolute Gasteiger partial charge is 0.354 e. The van der Waals surface area contributed by atoms with Crippen LogP contribution >= 0.6 is 15.9 Å². The van der Waals surface area contributed by atoms with E-state index in [1.165, 1.54) is 18.4 Å². The fourth-order valence-electron chi connectivity index (χ4n) is 2.26. The molecule has 4 nitrogen and oxygen atoms in total. The van der Waals surface area contributed by atoms with Crippen molar-refractivity contribution in [1.29, 1.82) is 0 Å². The highest BCUT2D eigenvalue weighted by Gasteiger charge is 2.26. The Hall–Kier alpha value is -1.62. The second-order valence-electron chi connectivity index (χ2n) is 5.39. The van der Waals surface area contributed by atoms with Crippen LogP contribution in [0.1, 0.15) is 36.9 Å².